The molecule has 1 rings (SSSR count). The summed E-state index contributed by atoms with van der Waals surface area (Å²) in [5, 5.41) is 0. The third-order valence-electron chi connectivity index (χ3n) is 2.89. The van der Waals surface area contributed by atoms with Crippen LogP contribution >= 0.6 is 0 Å². The van der Waals surface area contributed by atoms with Crippen LogP contribution in [0, 0.1) is 11.8 Å². The summed E-state index contributed by atoms with van der Waals surface area (Å²) < 4.78 is 4.50. The van der Waals surface area contributed by atoms with Crippen LogP contribution in [0.1, 0.15) is 20.3 Å². The van der Waals surface area contributed by atoms with Gasteiger partial charge in [0.05, 0.1) is 13.0 Å². The number of hydrogen-bond acceptors (Lipinski definition) is 5. The maximum atomic E-state index is 11.9. The predicted octanol–water partition coefficient (Wildman–Crippen LogP) is -0.240. The molecule has 0 saturated carbocycles. The van der Waals surface area contributed by atoms with Gasteiger partial charge in [0.1, 0.15) is 11.7 Å². The number of ether oxygens (including phenoxy) is 1. The van der Waals surface area contributed by atoms with Gasteiger partial charge < -0.3 is 4.74 Å². The Hall–Kier alpha value is -1.72. The van der Waals surface area contributed by atoms with Crippen LogP contribution < -0.4 is 0 Å². The van der Waals surface area contributed by atoms with Crippen LogP contribution in [0.5, 0.6) is 0 Å². The molecule has 17 heavy (non-hydrogen) atoms. The molecule has 1 heterocycles. The Balaban J connectivity index is 2.99. The maximum Gasteiger partial charge on any atom is 0.317 e. The average Bonchev–Trinajstić information content (AvgIpc) is 2.54. The molecule has 1 aliphatic rings. The second kappa shape index (κ2) is 5.07. The second-order valence-corrected chi connectivity index (χ2v) is 3.90. The van der Waals surface area contributed by atoms with Gasteiger partial charge in [0.2, 0.25) is 11.8 Å². The number of esters is 1. The van der Waals surface area contributed by atoms with Gasteiger partial charge in [0.15, 0.2) is 0 Å². The molecule has 6 nitrogen and oxygen atoms in total. The Morgan fingerprint density at radius 1 is 1.47 bits per heavy atom. The third kappa shape index (κ3) is 2.35. The van der Waals surface area contributed by atoms with Crippen molar-refractivity contribution in [3.8, 4) is 0 Å². The lowest BCUT2D eigenvalue weighted by Gasteiger charge is -2.17. The molecule has 1 saturated heterocycles. The lowest BCUT2D eigenvalue weighted by Crippen LogP contribution is -2.37. The smallest absolute Gasteiger partial charge is 0.317 e. The number of likely N-dealkylation sites (tertiary alicyclic amines) is 1. The molecule has 0 aromatic rings. The van der Waals surface area contributed by atoms with E-state index in [2.05, 4.69) is 4.74 Å². The van der Waals surface area contributed by atoms with E-state index in [1.165, 1.54) is 6.92 Å². The first kappa shape index (κ1) is 13.3. The van der Waals surface area contributed by atoms with Crippen LogP contribution in [0.4, 0.5) is 0 Å². The largest absolute Gasteiger partial charge is 0.468 e. The molecule has 1 unspecified atom stereocenters. The minimum atomic E-state index is -1.17. The monoisotopic (exact) mass is 241 g/mol. The van der Waals surface area contributed by atoms with Crippen molar-refractivity contribution in [1.82, 2.24) is 4.90 Å². The van der Waals surface area contributed by atoms with Gasteiger partial charge in [0, 0.05) is 13.0 Å². The fraction of sp³-hybridized carbons (Fsp3) is 0.636. The van der Waals surface area contributed by atoms with Gasteiger partial charge in [-0.2, -0.15) is 0 Å². The summed E-state index contributed by atoms with van der Waals surface area (Å²) in [6, 6.07) is 0. The Bertz CT molecular complexity index is 376. The summed E-state index contributed by atoms with van der Waals surface area (Å²) in [5.74, 6) is -4.12. The first-order valence-electron chi connectivity index (χ1n) is 5.36. The number of methoxy groups -OCH3 is 1. The molecule has 0 N–H and O–H groups in total. The average molecular weight is 241 g/mol. The fourth-order valence-corrected chi connectivity index (χ4v) is 2.04. The number of rotatable bonds is 4. The topological polar surface area (TPSA) is 80.8 Å². The molecule has 94 valence electrons. The minimum absolute atomic E-state index is 0.105. The molecular formula is C11H15NO5. The van der Waals surface area contributed by atoms with Crippen LogP contribution in [0.15, 0.2) is 0 Å². The highest BCUT2D eigenvalue weighted by Gasteiger charge is 2.47. The van der Waals surface area contributed by atoms with Crippen molar-refractivity contribution in [2.45, 2.75) is 20.3 Å². The summed E-state index contributed by atoms with van der Waals surface area (Å²) in [6.07, 6.45) is -0.105. The molecule has 0 radical (unpaired) electrons. The highest BCUT2D eigenvalue weighted by atomic mass is 16.5. The summed E-state index contributed by atoms with van der Waals surface area (Å²) in [4.78, 5) is 47.3. The molecule has 0 aromatic carbocycles. The van der Waals surface area contributed by atoms with Crippen molar-refractivity contribution in [2.75, 3.05) is 13.7 Å². The van der Waals surface area contributed by atoms with E-state index in [1.807, 2.05) is 0 Å². The lowest BCUT2D eigenvalue weighted by molar-refractivity contribution is -0.154. The zero-order chi connectivity index (χ0) is 13.2. The van der Waals surface area contributed by atoms with E-state index < -0.39 is 29.5 Å². The van der Waals surface area contributed by atoms with Crippen LogP contribution in [0.25, 0.3) is 0 Å². The number of Topliss-reactive ketones (excluding diaryl/α,β-unsaturated/α-hetero) is 1. The van der Waals surface area contributed by atoms with E-state index in [4.69, 9.17) is 0 Å². The van der Waals surface area contributed by atoms with Crippen LogP contribution in [-0.2, 0) is 23.9 Å². The van der Waals surface area contributed by atoms with Gasteiger partial charge >= 0.3 is 5.97 Å². The number of carbonyl (C=O) groups is 4. The SMILES string of the molecule is CCN1C(=O)C[C@H](C(C(C)=O)C(=O)OC)C1=O. The van der Waals surface area contributed by atoms with E-state index in [-0.39, 0.29) is 18.9 Å². The van der Waals surface area contributed by atoms with Crippen molar-refractivity contribution in [3.05, 3.63) is 0 Å². The molecule has 1 aliphatic heterocycles. The summed E-state index contributed by atoms with van der Waals surface area (Å²) in [6.45, 7) is 3.13. The third-order valence-corrected chi connectivity index (χ3v) is 2.89. The summed E-state index contributed by atoms with van der Waals surface area (Å²) in [5.41, 5.74) is 0. The normalized spacial score (nSPS) is 21.6. The standard InChI is InChI=1S/C11H15NO5/c1-4-12-8(14)5-7(10(12)15)9(6(2)13)11(16)17-3/h7,9H,4-5H2,1-3H3/t7-,9?/m1/s1. The number of ketones is 1. The molecule has 1 fully saturated rings. The van der Waals surface area contributed by atoms with Crippen molar-refractivity contribution in [1.29, 1.82) is 0 Å². The van der Waals surface area contributed by atoms with Crippen molar-refractivity contribution < 1.29 is 23.9 Å². The summed E-state index contributed by atoms with van der Waals surface area (Å²) >= 11 is 0. The van der Waals surface area contributed by atoms with E-state index in [1.54, 1.807) is 6.92 Å². The van der Waals surface area contributed by atoms with E-state index >= 15 is 0 Å². The first-order valence-corrected chi connectivity index (χ1v) is 5.36. The quantitative estimate of drug-likeness (QED) is 0.385. The molecule has 2 atom stereocenters. The highest BCUT2D eigenvalue weighted by Crippen LogP contribution is 2.28. The van der Waals surface area contributed by atoms with Gasteiger partial charge in [-0.15, -0.1) is 0 Å². The highest BCUT2D eigenvalue weighted by molar-refractivity contribution is 6.09. The lowest BCUT2D eigenvalue weighted by atomic mass is 9.88. The Morgan fingerprint density at radius 2 is 2.06 bits per heavy atom. The van der Waals surface area contributed by atoms with Gasteiger partial charge in [-0.3, -0.25) is 24.1 Å². The molecule has 2 amide bonds. The Labute approximate surface area is 98.9 Å². The Morgan fingerprint density at radius 3 is 2.41 bits per heavy atom. The molecule has 0 spiro atoms. The van der Waals surface area contributed by atoms with Gasteiger partial charge in [-0.05, 0) is 13.8 Å². The van der Waals surface area contributed by atoms with Gasteiger partial charge in [0.25, 0.3) is 0 Å². The van der Waals surface area contributed by atoms with E-state index in [9.17, 15) is 19.2 Å². The van der Waals surface area contributed by atoms with Crippen molar-refractivity contribution >= 4 is 23.6 Å². The second-order valence-electron chi connectivity index (χ2n) is 3.90. The molecule has 0 bridgehead atoms. The first-order chi connectivity index (χ1) is 7.93. The van der Waals surface area contributed by atoms with Crippen molar-refractivity contribution in [3.63, 3.8) is 0 Å². The fourth-order valence-electron chi connectivity index (χ4n) is 2.04. The molecular weight excluding hydrogens is 226 g/mol. The predicted molar refractivity (Wildman–Crippen MR) is 56.7 cm³/mol. The molecule has 6 heteroatoms. The molecule has 0 aliphatic carbocycles. The number of nitrogens with zero attached hydrogens (tertiary/aromatic N) is 1. The maximum absolute atomic E-state index is 11.9. The van der Waals surface area contributed by atoms with Crippen LogP contribution in [0.3, 0.4) is 0 Å². The van der Waals surface area contributed by atoms with Crippen LogP contribution in [0.2, 0.25) is 0 Å². The minimum Gasteiger partial charge on any atom is -0.468 e. The van der Waals surface area contributed by atoms with Gasteiger partial charge in [-0.1, -0.05) is 0 Å². The molecule has 0 aromatic heterocycles. The van der Waals surface area contributed by atoms with Gasteiger partial charge in [-0.25, -0.2) is 0 Å². The zero-order valence-corrected chi connectivity index (χ0v) is 10.1. The number of amides is 2. The van der Waals surface area contributed by atoms with Crippen molar-refractivity contribution in [2.24, 2.45) is 11.8 Å². The zero-order valence-electron chi connectivity index (χ0n) is 10.1. The Kier molecular flexibility index (Phi) is 3.98. The number of imide groups is 1. The number of hydrogen-bond donors (Lipinski definition) is 0. The van der Waals surface area contributed by atoms with E-state index in [0.29, 0.717) is 0 Å². The van der Waals surface area contributed by atoms with E-state index in [0.717, 1.165) is 12.0 Å². The van der Waals surface area contributed by atoms with Crippen LogP contribution in [-0.4, -0.2) is 42.1 Å². The number of carbonyl (C=O) groups excluding carboxylic acids is 4. The summed E-state index contributed by atoms with van der Waals surface area (Å²) in [7, 11) is 1.15.